The molecule has 2 heteroatoms. The van der Waals surface area contributed by atoms with Crippen LogP contribution in [0.25, 0.3) is 16.4 Å². The average molecular weight is 168 g/mol. The standard InChI is InChI=1S/C11H8N2/c1-2-10-4-3-9-8-12-6-5-11(9)13(10)7-1/h1-8H. The van der Waals surface area contributed by atoms with Crippen molar-refractivity contribution < 1.29 is 0 Å². The van der Waals surface area contributed by atoms with Gasteiger partial charge in [-0.15, -0.1) is 0 Å². The minimum absolute atomic E-state index is 1.17. The van der Waals surface area contributed by atoms with E-state index in [1.54, 1.807) is 0 Å². The van der Waals surface area contributed by atoms with Gasteiger partial charge in [-0.2, -0.15) is 0 Å². The van der Waals surface area contributed by atoms with Gasteiger partial charge in [-0.25, -0.2) is 0 Å². The second-order valence-corrected chi connectivity index (χ2v) is 3.07. The van der Waals surface area contributed by atoms with E-state index < -0.39 is 0 Å². The molecule has 0 spiro atoms. The van der Waals surface area contributed by atoms with Crippen LogP contribution in [0.3, 0.4) is 0 Å². The van der Waals surface area contributed by atoms with Gasteiger partial charge >= 0.3 is 0 Å². The Bertz CT molecular complexity index is 566. The summed E-state index contributed by atoms with van der Waals surface area (Å²) in [6, 6.07) is 10.4. The van der Waals surface area contributed by atoms with E-state index in [0.717, 1.165) is 0 Å². The number of hydrogen-bond donors (Lipinski definition) is 0. The maximum Gasteiger partial charge on any atom is 0.0558 e. The van der Waals surface area contributed by atoms with E-state index in [1.165, 1.54) is 16.4 Å². The van der Waals surface area contributed by atoms with Crippen molar-refractivity contribution in [1.29, 1.82) is 0 Å². The maximum atomic E-state index is 4.09. The lowest BCUT2D eigenvalue weighted by Gasteiger charge is -2.00. The number of pyridine rings is 2. The van der Waals surface area contributed by atoms with Crippen molar-refractivity contribution in [3.63, 3.8) is 0 Å². The van der Waals surface area contributed by atoms with Crippen molar-refractivity contribution in [1.82, 2.24) is 9.38 Å². The number of aromatic nitrogens is 2. The van der Waals surface area contributed by atoms with Gasteiger partial charge in [0.1, 0.15) is 0 Å². The summed E-state index contributed by atoms with van der Waals surface area (Å²) in [5.74, 6) is 0. The van der Waals surface area contributed by atoms with Gasteiger partial charge in [0, 0.05) is 29.5 Å². The molecule has 0 saturated carbocycles. The average Bonchev–Trinajstić information content (AvgIpc) is 2.65. The molecule has 2 nitrogen and oxygen atoms in total. The highest BCUT2D eigenvalue weighted by atomic mass is 14.9. The van der Waals surface area contributed by atoms with Crippen LogP contribution in [0.5, 0.6) is 0 Å². The molecule has 0 aliphatic rings. The monoisotopic (exact) mass is 168 g/mol. The van der Waals surface area contributed by atoms with Crippen LogP contribution >= 0.6 is 0 Å². The molecule has 0 radical (unpaired) electrons. The highest BCUT2D eigenvalue weighted by Crippen LogP contribution is 2.15. The summed E-state index contributed by atoms with van der Waals surface area (Å²) in [5.41, 5.74) is 2.43. The van der Waals surface area contributed by atoms with Crippen molar-refractivity contribution >= 4 is 16.4 Å². The summed E-state index contributed by atoms with van der Waals surface area (Å²) >= 11 is 0. The van der Waals surface area contributed by atoms with Crippen molar-refractivity contribution in [3.8, 4) is 0 Å². The molecule has 0 aromatic carbocycles. The van der Waals surface area contributed by atoms with Crippen molar-refractivity contribution in [2.45, 2.75) is 0 Å². The van der Waals surface area contributed by atoms with Crippen LogP contribution in [0.1, 0.15) is 0 Å². The first-order valence-electron chi connectivity index (χ1n) is 4.25. The van der Waals surface area contributed by atoms with E-state index >= 15 is 0 Å². The molecule has 0 saturated heterocycles. The first kappa shape index (κ1) is 6.66. The summed E-state index contributed by atoms with van der Waals surface area (Å²) in [6.45, 7) is 0. The van der Waals surface area contributed by atoms with E-state index in [0.29, 0.717) is 0 Å². The van der Waals surface area contributed by atoms with Crippen LogP contribution in [0.15, 0.2) is 48.9 Å². The summed E-state index contributed by atoms with van der Waals surface area (Å²) in [5, 5.41) is 1.17. The fourth-order valence-electron chi connectivity index (χ4n) is 1.67. The molecule has 0 atom stereocenters. The summed E-state index contributed by atoms with van der Waals surface area (Å²) < 4.78 is 2.16. The molecule has 62 valence electrons. The van der Waals surface area contributed by atoms with Gasteiger partial charge < -0.3 is 4.40 Å². The van der Waals surface area contributed by atoms with Crippen molar-refractivity contribution in [2.24, 2.45) is 0 Å². The van der Waals surface area contributed by atoms with Gasteiger partial charge in [0.05, 0.1) is 5.52 Å². The van der Waals surface area contributed by atoms with Gasteiger partial charge in [0.25, 0.3) is 0 Å². The second-order valence-electron chi connectivity index (χ2n) is 3.07. The third kappa shape index (κ3) is 0.855. The first-order valence-corrected chi connectivity index (χ1v) is 4.25. The SMILES string of the molecule is c1cc2ccc3cnccc3n2c1. The van der Waals surface area contributed by atoms with Gasteiger partial charge in [-0.3, -0.25) is 4.98 Å². The Balaban J connectivity index is 2.65. The minimum atomic E-state index is 1.17. The van der Waals surface area contributed by atoms with Crippen LogP contribution in [-0.2, 0) is 0 Å². The number of rotatable bonds is 0. The Morgan fingerprint density at radius 2 is 2.08 bits per heavy atom. The molecule has 3 rings (SSSR count). The highest BCUT2D eigenvalue weighted by molar-refractivity contribution is 5.81. The molecular weight excluding hydrogens is 160 g/mol. The Morgan fingerprint density at radius 1 is 1.08 bits per heavy atom. The topological polar surface area (TPSA) is 17.3 Å². The lowest BCUT2D eigenvalue weighted by atomic mass is 10.2. The molecule has 3 heterocycles. The zero-order valence-electron chi connectivity index (χ0n) is 7.01. The fourth-order valence-corrected chi connectivity index (χ4v) is 1.67. The minimum Gasteiger partial charge on any atom is -0.316 e. The normalized spacial score (nSPS) is 11.1. The van der Waals surface area contributed by atoms with Crippen LogP contribution < -0.4 is 0 Å². The summed E-state index contributed by atoms with van der Waals surface area (Å²) in [6.07, 6.45) is 5.77. The van der Waals surface area contributed by atoms with E-state index in [2.05, 4.69) is 39.8 Å². The molecule has 0 N–H and O–H groups in total. The van der Waals surface area contributed by atoms with E-state index in [9.17, 15) is 0 Å². The molecule has 0 unspecified atom stereocenters. The highest BCUT2D eigenvalue weighted by Gasteiger charge is 1.96. The van der Waals surface area contributed by atoms with Crippen LogP contribution in [0, 0.1) is 0 Å². The van der Waals surface area contributed by atoms with E-state index in [1.807, 2.05) is 18.5 Å². The van der Waals surface area contributed by atoms with Gasteiger partial charge in [0.15, 0.2) is 0 Å². The number of nitrogens with zero attached hydrogens (tertiary/aromatic N) is 2. The van der Waals surface area contributed by atoms with Crippen LogP contribution in [0.4, 0.5) is 0 Å². The summed E-state index contributed by atoms with van der Waals surface area (Å²) in [4.78, 5) is 4.09. The molecule has 0 amide bonds. The molecule has 13 heavy (non-hydrogen) atoms. The van der Waals surface area contributed by atoms with Crippen LogP contribution in [0.2, 0.25) is 0 Å². The molecule has 3 aromatic heterocycles. The Kier molecular flexibility index (Phi) is 1.19. The smallest absolute Gasteiger partial charge is 0.0558 e. The number of hydrogen-bond acceptors (Lipinski definition) is 1. The quantitative estimate of drug-likeness (QED) is 0.504. The maximum absolute atomic E-state index is 4.09. The zero-order valence-corrected chi connectivity index (χ0v) is 7.01. The Labute approximate surface area is 75.5 Å². The zero-order chi connectivity index (χ0) is 8.67. The lowest BCUT2D eigenvalue weighted by Crippen LogP contribution is -1.85. The molecule has 0 fully saturated rings. The van der Waals surface area contributed by atoms with E-state index in [-0.39, 0.29) is 0 Å². The van der Waals surface area contributed by atoms with Gasteiger partial charge in [-0.05, 0) is 30.3 Å². The molecule has 0 aliphatic heterocycles. The number of fused-ring (bicyclic) bond motifs is 3. The third-order valence-electron chi connectivity index (χ3n) is 2.30. The molecule has 3 aromatic rings. The second kappa shape index (κ2) is 2.33. The largest absolute Gasteiger partial charge is 0.316 e. The van der Waals surface area contributed by atoms with Gasteiger partial charge in [-0.1, -0.05) is 0 Å². The molecule has 0 aliphatic carbocycles. The van der Waals surface area contributed by atoms with Crippen molar-refractivity contribution in [2.75, 3.05) is 0 Å². The fraction of sp³-hybridized carbons (Fsp3) is 0. The molecular formula is C11H8N2. The lowest BCUT2D eigenvalue weighted by molar-refractivity contribution is 1.25. The summed E-state index contributed by atoms with van der Waals surface area (Å²) in [7, 11) is 0. The molecule has 0 bridgehead atoms. The predicted molar refractivity (Wildman–Crippen MR) is 52.7 cm³/mol. The first-order chi connectivity index (χ1) is 6.45. The Morgan fingerprint density at radius 3 is 3.08 bits per heavy atom. The Hall–Kier alpha value is -1.83. The van der Waals surface area contributed by atoms with E-state index in [4.69, 9.17) is 0 Å². The predicted octanol–water partition coefficient (Wildman–Crippen LogP) is 2.49. The third-order valence-corrected chi connectivity index (χ3v) is 2.30. The van der Waals surface area contributed by atoms with Crippen molar-refractivity contribution in [3.05, 3.63) is 48.9 Å². The van der Waals surface area contributed by atoms with Crippen LogP contribution in [-0.4, -0.2) is 9.38 Å². The van der Waals surface area contributed by atoms with Gasteiger partial charge in [0.2, 0.25) is 0 Å².